The van der Waals surface area contributed by atoms with Crippen LogP contribution in [0.1, 0.15) is 25.3 Å². The fraction of sp³-hybridized carbons (Fsp3) is 0.625. The molecule has 0 bridgehead atoms. The average molecular weight is 262 g/mol. The molecule has 1 aliphatic heterocycles. The van der Waals surface area contributed by atoms with Crippen LogP contribution in [0, 0.1) is 0 Å². The molecule has 0 aliphatic carbocycles. The van der Waals surface area contributed by atoms with Crippen LogP contribution in [0.3, 0.4) is 0 Å². The van der Waals surface area contributed by atoms with Crippen LogP contribution in [0.15, 0.2) is 30.3 Å². The van der Waals surface area contributed by atoms with Crippen molar-refractivity contribution in [2.75, 3.05) is 33.4 Å². The highest BCUT2D eigenvalue weighted by atomic mass is 16.5. The van der Waals surface area contributed by atoms with Crippen molar-refractivity contribution in [3.8, 4) is 0 Å². The van der Waals surface area contributed by atoms with Crippen LogP contribution in [0.5, 0.6) is 0 Å². The standard InChI is InChI=1S/C16H26N2O/c1-16(12-17,14-6-4-3-5-7-14)13-18(2)15-8-10-19-11-9-15/h3-7,15H,8-13,17H2,1-2H3. The summed E-state index contributed by atoms with van der Waals surface area (Å²) >= 11 is 0. The number of rotatable bonds is 5. The molecule has 1 unspecified atom stereocenters. The van der Waals surface area contributed by atoms with Crippen molar-refractivity contribution in [1.82, 2.24) is 4.90 Å². The molecule has 1 fully saturated rings. The Morgan fingerprint density at radius 3 is 2.47 bits per heavy atom. The molecule has 1 atom stereocenters. The summed E-state index contributed by atoms with van der Waals surface area (Å²) in [6, 6.07) is 11.2. The summed E-state index contributed by atoms with van der Waals surface area (Å²) in [6.45, 7) is 5.71. The van der Waals surface area contributed by atoms with Crippen molar-refractivity contribution < 1.29 is 4.74 Å². The first-order valence-electron chi connectivity index (χ1n) is 7.19. The number of ether oxygens (including phenoxy) is 1. The van der Waals surface area contributed by atoms with Crippen molar-refractivity contribution in [3.05, 3.63) is 35.9 Å². The molecular weight excluding hydrogens is 236 g/mol. The molecule has 1 heterocycles. The van der Waals surface area contributed by atoms with Gasteiger partial charge in [0.1, 0.15) is 0 Å². The molecular formula is C16H26N2O. The van der Waals surface area contributed by atoms with Gasteiger partial charge in [-0.3, -0.25) is 0 Å². The lowest BCUT2D eigenvalue weighted by molar-refractivity contribution is 0.0369. The van der Waals surface area contributed by atoms with Crippen LogP contribution in [-0.4, -0.2) is 44.3 Å². The normalized spacial score (nSPS) is 20.4. The zero-order valence-corrected chi connectivity index (χ0v) is 12.1. The van der Waals surface area contributed by atoms with Gasteiger partial charge in [0.25, 0.3) is 0 Å². The summed E-state index contributed by atoms with van der Waals surface area (Å²) in [7, 11) is 2.22. The van der Waals surface area contributed by atoms with Gasteiger partial charge in [0.05, 0.1) is 0 Å². The molecule has 0 saturated carbocycles. The lowest BCUT2D eigenvalue weighted by Crippen LogP contribution is -2.47. The Morgan fingerprint density at radius 2 is 1.89 bits per heavy atom. The molecule has 1 aromatic carbocycles. The molecule has 2 rings (SSSR count). The van der Waals surface area contributed by atoms with E-state index < -0.39 is 0 Å². The zero-order valence-electron chi connectivity index (χ0n) is 12.1. The first kappa shape index (κ1) is 14.5. The van der Waals surface area contributed by atoms with Crippen molar-refractivity contribution in [2.24, 2.45) is 5.73 Å². The van der Waals surface area contributed by atoms with Crippen LogP contribution in [-0.2, 0) is 10.2 Å². The molecule has 0 aromatic heterocycles. The predicted octanol–water partition coefficient (Wildman–Crippen LogP) is 2.01. The van der Waals surface area contributed by atoms with E-state index in [0.29, 0.717) is 12.6 Å². The summed E-state index contributed by atoms with van der Waals surface area (Å²) in [6.07, 6.45) is 2.26. The molecule has 19 heavy (non-hydrogen) atoms. The van der Waals surface area contributed by atoms with Gasteiger partial charge in [0, 0.05) is 37.8 Å². The monoisotopic (exact) mass is 262 g/mol. The molecule has 3 nitrogen and oxygen atoms in total. The highest BCUT2D eigenvalue weighted by molar-refractivity contribution is 5.25. The molecule has 1 aliphatic rings. The summed E-state index contributed by atoms with van der Waals surface area (Å²) < 4.78 is 5.44. The predicted molar refractivity (Wildman–Crippen MR) is 79.3 cm³/mol. The van der Waals surface area contributed by atoms with E-state index in [1.165, 1.54) is 5.56 Å². The first-order valence-corrected chi connectivity index (χ1v) is 7.19. The Labute approximate surface area is 116 Å². The third-order valence-corrected chi connectivity index (χ3v) is 4.33. The first-order chi connectivity index (χ1) is 9.15. The third kappa shape index (κ3) is 3.56. The SMILES string of the molecule is CN(CC(C)(CN)c1ccccc1)C1CCOCC1. The van der Waals surface area contributed by atoms with Gasteiger partial charge in [0.15, 0.2) is 0 Å². The lowest BCUT2D eigenvalue weighted by atomic mass is 9.81. The van der Waals surface area contributed by atoms with Crippen LogP contribution in [0.2, 0.25) is 0 Å². The number of hydrogen-bond acceptors (Lipinski definition) is 3. The molecule has 0 amide bonds. The minimum Gasteiger partial charge on any atom is -0.381 e. The van der Waals surface area contributed by atoms with E-state index in [-0.39, 0.29) is 5.41 Å². The van der Waals surface area contributed by atoms with E-state index in [1.54, 1.807) is 0 Å². The van der Waals surface area contributed by atoms with E-state index in [4.69, 9.17) is 10.5 Å². The maximum atomic E-state index is 6.07. The smallest absolute Gasteiger partial charge is 0.0480 e. The van der Waals surface area contributed by atoms with Gasteiger partial charge in [-0.25, -0.2) is 0 Å². The fourth-order valence-corrected chi connectivity index (χ4v) is 2.92. The maximum absolute atomic E-state index is 6.07. The van der Waals surface area contributed by atoms with E-state index in [9.17, 15) is 0 Å². The lowest BCUT2D eigenvalue weighted by Gasteiger charge is -2.38. The number of nitrogens with zero attached hydrogens (tertiary/aromatic N) is 1. The zero-order chi connectivity index (χ0) is 13.7. The molecule has 1 aromatic rings. The molecule has 3 heteroatoms. The van der Waals surface area contributed by atoms with Gasteiger partial charge in [-0.05, 0) is 25.5 Å². The molecule has 106 valence electrons. The Morgan fingerprint density at radius 1 is 1.26 bits per heavy atom. The van der Waals surface area contributed by atoms with Crippen molar-refractivity contribution in [3.63, 3.8) is 0 Å². The Balaban J connectivity index is 2.05. The molecule has 0 spiro atoms. The summed E-state index contributed by atoms with van der Waals surface area (Å²) in [5.41, 5.74) is 7.42. The van der Waals surface area contributed by atoms with Gasteiger partial charge in [-0.15, -0.1) is 0 Å². The second kappa shape index (κ2) is 6.51. The number of nitrogens with two attached hydrogens (primary N) is 1. The Kier molecular flexibility index (Phi) is 4.97. The minimum atomic E-state index is 0.0221. The second-order valence-corrected chi connectivity index (χ2v) is 5.89. The van der Waals surface area contributed by atoms with Crippen LogP contribution < -0.4 is 5.73 Å². The van der Waals surface area contributed by atoms with Gasteiger partial charge >= 0.3 is 0 Å². The molecule has 1 saturated heterocycles. The molecule has 0 radical (unpaired) electrons. The summed E-state index contributed by atoms with van der Waals surface area (Å²) in [4.78, 5) is 2.46. The highest BCUT2D eigenvalue weighted by Gasteiger charge is 2.29. The van der Waals surface area contributed by atoms with Crippen LogP contribution in [0.4, 0.5) is 0 Å². The van der Waals surface area contributed by atoms with Gasteiger partial charge < -0.3 is 15.4 Å². The summed E-state index contributed by atoms with van der Waals surface area (Å²) in [5.74, 6) is 0. The van der Waals surface area contributed by atoms with Crippen LogP contribution >= 0.6 is 0 Å². The second-order valence-electron chi connectivity index (χ2n) is 5.89. The molecule has 2 N–H and O–H groups in total. The fourth-order valence-electron chi connectivity index (χ4n) is 2.92. The largest absolute Gasteiger partial charge is 0.381 e. The number of hydrogen-bond donors (Lipinski definition) is 1. The van der Waals surface area contributed by atoms with Gasteiger partial charge in [-0.1, -0.05) is 37.3 Å². The van der Waals surface area contributed by atoms with E-state index in [1.807, 2.05) is 0 Å². The van der Waals surface area contributed by atoms with Crippen molar-refractivity contribution in [2.45, 2.75) is 31.2 Å². The van der Waals surface area contributed by atoms with Crippen LogP contribution in [0.25, 0.3) is 0 Å². The maximum Gasteiger partial charge on any atom is 0.0480 e. The average Bonchev–Trinajstić information content (AvgIpc) is 2.49. The number of benzene rings is 1. The number of likely N-dealkylation sites (N-methyl/N-ethyl adjacent to an activating group) is 1. The minimum absolute atomic E-state index is 0.0221. The van der Waals surface area contributed by atoms with Gasteiger partial charge in [0.2, 0.25) is 0 Å². The Bertz CT molecular complexity index is 376. The Hall–Kier alpha value is -0.900. The van der Waals surface area contributed by atoms with E-state index in [2.05, 4.69) is 49.2 Å². The van der Waals surface area contributed by atoms with Crippen molar-refractivity contribution >= 4 is 0 Å². The van der Waals surface area contributed by atoms with E-state index in [0.717, 1.165) is 32.6 Å². The quantitative estimate of drug-likeness (QED) is 0.882. The van der Waals surface area contributed by atoms with Gasteiger partial charge in [-0.2, -0.15) is 0 Å². The highest BCUT2D eigenvalue weighted by Crippen LogP contribution is 2.25. The topological polar surface area (TPSA) is 38.5 Å². The van der Waals surface area contributed by atoms with Crippen molar-refractivity contribution in [1.29, 1.82) is 0 Å². The summed E-state index contributed by atoms with van der Waals surface area (Å²) in [5, 5.41) is 0. The third-order valence-electron chi connectivity index (χ3n) is 4.33. The van der Waals surface area contributed by atoms with E-state index >= 15 is 0 Å².